The molecular weight excluding hydrogens is 264 g/mol. The van der Waals surface area contributed by atoms with Crippen LogP contribution in [0.3, 0.4) is 0 Å². The molecule has 4 atom stereocenters. The quantitative estimate of drug-likeness (QED) is 0.610. The van der Waals surface area contributed by atoms with Gasteiger partial charge in [-0.2, -0.15) is 0 Å². The second kappa shape index (κ2) is 6.15. The number of aliphatic hydroxyl groups excluding tert-OH is 2. The highest BCUT2D eigenvalue weighted by Crippen LogP contribution is 2.35. The third kappa shape index (κ3) is 2.59. The van der Waals surface area contributed by atoms with Gasteiger partial charge in [-0.1, -0.05) is 5.92 Å². The lowest BCUT2D eigenvalue weighted by Gasteiger charge is -2.19. The predicted octanol–water partition coefficient (Wildman–Crippen LogP) is -1.05. The Balaban J connectivity index is 2.44. The Bertz CT molecular complexity index is 588. The van der Waals surface area contributed by atoms with Gasteiger partial charge in [0.1, 0.15) is 30.1 Å². The Morgan fingerprint density at radius 2 is 2.35 bits per heavy atom. The maximum atomic E-state index is 11.3. The van der Waals surface area contributed by atoms with Crippen LogP contribution in [0, 0.1) is 11.8 Å². The number of nitrogens with zero attached hydrogens (tertiary/aromatic N) is 1. The van der Waals surface area contributed by atoms with Gasteiger partial charge in [-0.05, 0) is 12.8 Å². The molecule has 3 N–H and O–H groups in total. The Morgan fingerprint density at radius 1 is 1.60 bits per heavy atom. The molecule has 0 aromatic carbocycles. The topological polar surface area (TPSA) is 105 Å². The lowest BCUT2D eigenvalue weighted by molar-refractivity contribution is -0.0237. The number of H-pyrrole nitrogens is 1. The maximum Gasteiger partial charge on any atom is 0.345 e. The average Bonchev–Trinajstić information content (AvgIpc) is 2.75. The summed E-state index contributed by atoms with van der Waals surface area (Å²) >= 11 is 0. The normalized spacial score (nSPS) is 29.0. The molecule has 0 bridgehead atoms. The van der Waals surface area contributed by atoms with Gasteiger partial charge in [-0.3, -0.25) is 4.98 Å². The minimum absolute atomic E-state index is 0.330. The molecule has 0 amide bonds. The molecule has 108 valence electrons. The van der Waals surface area contributed by atoms with Crippen molar-refractivity contribution in [2.75, 3.05) is 13.7 Å². The van der Waals surface area contributed by atoms with Crippen LogP contribution in [0.1, 0.15) is 24.3 Å². The van der Waals surface area contributed by atoms with E-state index in [9.17, 15) is 15.0 Å². The van der Waals surface area contributed by atoms with Crippen LogP contribution in [-0.4, -0.2) is 52.2 Å². The number of hydrogen-bond donors (Lipinski definition) is 3. The second-order valence-corrected chi connectivity index (χ2v) is 4.36. The molecule has 0 aliphatic carbocycles. The predicted molar refractivity (Wildman–Crippen MR) is 68.9 cm³/mol. The molecule has 20 heavy (non-hydrogen) atoms. The van der Waals surface area contributed by atoms with Gasteiger partial charge in [0, 0.05) is 18.9 Å². The number of nitrogens with one attached hydrogen (secondary N) is 1. The maximum absolute atomic E-state index is 11.3. The van der Waals surface area contributed by atoms with Crippen molar-refractivity contribution in [2.45, 2.75) is 31.3 Å². The summed E-state index contributed by atoms with van der Waals surface area (Å²) in [6.45, 7) is 1.31. The molecule has 0 radical (unpaired) electrons. The van der Waals surface area contributed by atoms with Crippen molar-refractivity contribution in [3.8, 4) is 11.8 Å². The fourth-order valence-corrected chi connectivity index (χ4v) is 2.25. The van der Waals surface area contributed by atoms with Crippen molar-refractivity contribution in [3.63, 3.8) is 0 Å². The fourth-order valence-electron chi connectivity index (χ4n) is 2.25. The van der Waals surface area contributed by atoms with Crippen molar-refractivity contribution >= 4 is 0 Å². The van der Waals surface area contributed by atoms with E-state index in [0.29, 0.717) is 11.3 Å². The highest BCUT2D eigenvalue weighted by Gasteiger charge is 2.45. The van der Waals surface area contributed by atoms with E-state index in [4.69, 9.17) is 9.47 Å². The zero-order valence-corrected chi connectivity index (χ0v) is 11.2. The molecule has 1 aliphatic rings. The third-order valence-electron chi connectivity index (χ3n) is 3.19. The minimum atomic E-state index is -0.968. The summed E-state index contributed by atoms with van der Waals surface area (Å²) in [6, 6.07) is 0. The monoisotopic (exact) mass is 280 g/mol. The Labute approximate surface area is 115 Å². The highest BCUT2D eigenvalue weighted by atomic mass is 16.6. The first-order valence-electron chi connectivity index (χ1n) is 6.11. The number of rotatable bonds is 3. The zero-order valence-electron chi connectivity index (χ0n) is 11.2. The molecule has 1 aromatic rings. The molecule has 0 spiro atoms. The first kappa shape index (κ1) is 14.7. The van der Waals surface area contributed by atoms with Crippen LogP contribution in [-0.2, 0) is 9.47 Å². The largest absolute Gasteiger partial charge is 0.394 e. The zero-order chi connectivity index (χ0) is 14.7. The number of aromatic amines is 1. The van der Waals surface area contributed by atoms with Gasteiger partial charge in [-0.25, -0.2) is 9.78 Å². The number of aromatic nitrogens is 2. The summed E-state index contributed by atoms with van der Waals surface area (Å²) in [4.78, 5) is 17.5. The van der Waals surface area contributed by atoms with Crippen molar-refractivity contribution in [3.05, 3.63) is 27.9 Å². The standard InChI is InChI=1S/C13H16N2O5/c1-3-4-8-7(5-14-13(18)15-8)11-12(19-2)10(17)9(6-16)20-11/h5,9-12,16-17H,6H2,1-2H3,(H,14,15,18)/t9-,10?,11+,12?/m1/s1. The van der Waals surface area contributed by atoms with Crippen LogP contribution in [0.15, 0.2) is 11.0 Å². The average molecular weight is 280 g/mol. The molecule has 2 rings (SSSR count). The third-order valence-corrected chi connectivity index (χ3v) is 3.19. The van der Waals surface area contributed by atoms with E-state index < -0.39 is 30.1 Å². The summed E-state index contributed by atoms with van der Waals surface area (Å²) in [5.74, 6) is 5.45. The molecule has 1 saturated heterocycles. The molecule has 1 aromatic heterocycles. The van der Waals surface area contributed by atoms with Crippen LogP contribution in [0.25, 0.3) is 0 Å². The summed E-state index contributed by atoms with van der Waals surface area (Å²) in [7, 11) is 1.44. The van der Waals surface area contributed by atoms with Crippen LogP contribution >= 0.6 is 0 Å². The van der Waals surface area contributed by atoms with Gasteiger partial charge in [0.05, 0.1) is 6.61 Å². The Kier molecular flexibility index (Phi) is 4.52. The van der Waals surface area contributed by atoms with Crippen LogP contribution in [0.5, 0.6) is 0 Å². The number of hydrogen-bond acceptors (Lipinski definition) is 6. The summed E-state index contributed by atoms with van der Waals surface area (Å²) in [5, 5.41) is 19.2. The van der Waals surface area contributed by atoms with Crippen LogP contribution in [0.4, 0.5) is 0 Å². The summed E-state index contributed by atoms with van der Waals surface area (Å²) in [5.41, 5.74) is 0.365. The molecule has 0 saturated carbocycles. The molecule has 1 aliphatic heterocycles. The van der Waals surface area contributed by atoms with Crippen LogP contribution in [0.2, 0.25) is 0 Å². The Morgan fingerprint density at radius 3 is 2.95 bits per heavy atom. The molecule has 2 unspecified atom stereocenters. The van der Waals surface area contributed by atoms with Gasteiger partial charge >= 0.3 is 5.69 Å². The lowest BCUT2D eigenvalue weighted by Crippen LogP contribution is -2.34. The minimum Gasteiger partial charge on any atom is -0.394 e. The molecule has 7 heteroatoms. The van der Waals surface area contributed by atoms with E-state index in [1.807, 2.05) is 0 Å². The van der Waals surface area contributed by atoms with E-state index in [1.54, 1.807) is 6.92 Å². The van der Waals surface area contributed by atoms with Gasteiger partial charge in [0.2, 0.25) is 0 Å². The Hall–Kier alpha value is -1.72. The molecular formula is C13H16N2O5. The first-order valence-corrected chi connectivity index (χ1v) is 6.11. The lowest BCUT2D eigenvalue weighted by atomic mass is 10.0. The van der Waals surface area contributed by atoms with Crippen molar-refractivity contribution in [1.82, 2.24) is 9.97 Å². The van der Waals surface area contributed by atoms with Gasteiger partial charge in [0.15, 0.2) is 0 Å². The van der Waals surface area contributed by atoms with Crippen molar-refractivity contribution in [1.29, 1.82) is 0 Å². The molecule has 2 heterocycles. The fraction of sp³-hybridized carbons (Fsp3) is 0.538. The van der Waals surface area contributed by atoms with E-state index in [1.165, 1.54) is 13.3 Å². The van der Waals surface area contributed by atoms with Gasteiger partial charge in [0.25, 0.3) is 0 Å². The SMILES string of the molecule is CC#Cc1[nH]c(=O)ncc1[C@@H]1O[C@H](CO)C(O)C1OC. The molecule has 7 nitrogen and oxygen atoms in total. The summed E-state index contributed by atoms with van der Waals surface area (Å²) in [6.07, 6.45) is -1.70. The molecule has 1 fully saturated rings. The number of aliphatic hydroxyl groups is 2. The number of methoxy groups -OCH3 is 1. The van der Waals surface area contributed by atoms with Gasteiger partial charge in [-0.15, -0.1) is 0 Å². The van der Waals surface area contributed by atoms with E-state index in [2.05, 4.69) is 21.8 Å². The van der Waals surface area contributed by atoms with Crippen molar-refractivity contribution < 1.29 is 19.7 Å². The second-order valence-electron chi connectivity index (χ2n) is 4.36. The summed E-state index contributed by atoms with van der Waals surface area (Å²) < 4.78 is 10.8. The first-order chi connectivity index (χ1) is 9.62. The van der Waals surface area contributed by atoms with E-state index in [-0.39, 0.29) is 6.61 Å². The van der Waals surface area contributed by atoms with Crippen LogP contribution < -0.4 is 5.69 Å². The van der Waals surface area contributed by atoms with E-state index in [0.717, 1.165) is 0 Å². The smallest absolute Gasteiger partial charge is 0.345 e. The number of ether oxygens (including phenoxy) is 2. The van der Waals surface area contributed by atoms with E-state index >= 15 is 0 Å². The van der Waals surface area contributed by atoms with Crippen molar-refractivity contribution in [2.24, 2.45) is 0 Å². The highest BCUT2D eigenvalue weighted by molar-refractivity contribution is 5.36. The van der Waals surface area contributed by atoms with Gasteiger partial charge < -0.3 is 19.7 Å².